The number of carbonyl (C=O) groups excluding carboxylic acids is 1. The Morgan fingerprint density at radius 1 is 1.50 bits per heavy atom. The molecule has 2 atom stereocenters. The van der Waals surface area contributed by atoms with Gasteiger partial charge in [-0.05, 0) is 17.7 Å². The van der Waals surface area contributed by atoms with Gasteiger partial charge in [0, 0.05) is 0 Å². The van der Waals surface area contributed by atoms with E-state index in [2.05, 4.69) is 4.74 Å². The van der Waals surface area contributed by atoms with E-state index in [-0.39, 0.29) is 11.1 Å². The minimum Gasteiger partial charge on any atom is -0.465 e. The minimum absolute atomic E-state index is 0.254. The summed E-state index contributed by atoms with van der Waals surface area (Å²) in [5.41, 5.74) is 0.543. The normalized spacial score (nSPS) is 13.6. The van der Waals surface area contributed by atoms with Crippen LogP contribution in [0.3, 0.4) is 0 Å². The molecular weight excluding hydrogens is 210 g/mol. The minimum atomic E-state index is -1.52. The van der Waals surface area contributed by atoms with Gasteiger partial charge in [-0.1, -0.05) is 12.1 Å². The fourth-order valence-corrected chi connectivity index (χ4v) is 1.22. The van der Waals surface area contributed by atoms with Crippen molar-refractivity contribution in [1.29, 1.82) is 5.26 Å². The summed E-state index contributed by atoms with van der Waals surface area (Å²) in [5, 5.41) is 27.1. The first-order chi connectivity index (χ1) is 7.60. The van der Waals surface area contributed by atoms with E-state index in [0.717, 1.165) is 0 Å². The number of nitrogens with zero attached hydrogens (tertiary/aromatic N) is 1. The molecule has 5 nitrogen and oxygen atoms in total. The Balaban J connectivity index is 2.99. The fourth-order valence-electron chi connectivity index (χ4n) is 1.22. The van der Waals surface area contributed by atoms with Crippen molar-refractivity contribution in [2.75, 3.05) is 7.11 Å². The third-order valence-corrected chi connectivity index (χ3v) is 2.08. The van der Waals surface area contributed by atoms with Gasteiger partial charge in [-0.3, -0.25) is 0 Å². The van der Waals surface area contributed by atoms with Crippen LogP contribution >= 0.6 is 0 Å². The van der Waals surface area contributed by atoms with E-state index in [1.807, 2.05) is 0 Å². The molecule has 84 valence electrons. The molecule has 0 saturated heterocycles. The quantitative estimate of drug-likeness (QED) is 0.569. The van der Waals surface area contributed by atoms with E-state index in [1.54, 1.807) is 0 Å². The van der Waals surface area contributed by atoms with Crippen LogP contribution in [0.5, 0.6) is 0 Å². The summed E-state index contributed by atoms with van der Waals surface area (Å²) in [5.74, 6) is -0.541. The molecule has 0 aromatic heterocycles. The maximum Gasteiger partial charge on any atom is 0.337 e. The molecule has 0 heterocycles. The largest absolute Gasteiger partial charge is 0.465 e. The first-order valence-electron chi connectivity index (χ1n) is 4.54. The highest BCUT2D eigenvalue weighted by Crippen LogP contribution is 2.18. The maximum absolute atomic E-state index is 11.2. The lowest BCUT2D eigenvalue weighted by Crippen LogP contribution is -2.16. The van der Waals surface area contributed by atoms with Gasteiger partial charge in [-0.2, -0.15) is 5.26 Å². The van der Waals surface area contributed by atoms with Crippen LogP contribution in [0, 0.1) is 11.3 Å². The molecule has 1 aromatic rings. The molecule has 0 aliphatic carbocycles. The van der Waals surface area contributed by atoms with Crippen molar-refractivity contribution < 1.29 is 19.7 Å². The second-order valence-corrected chi connectivity index (χ2v) is 3.14. The predicted octanol–water partition coefficient (Wildman–Crippen LogP) is 0.391. The molecule has 0 saturated carbocycles. The zero-order valence-electron chi connectivity index (χ0n) is 8.62. The Morgan fingerprint density at radius 2 is 2.19 bits per heavy atom. The third kappa shape index (κ3) is 2.57. The van der Waals surface area contributed by atoms with Crippen LogP contribution in [0.15, 0.2) is 24.3 Å². The van der Waals surface area contributed by atoms with E-state index in [0.29, 0.717) is 0 Å². The number of hydrogen-bond acceptors (Lipinski definition) is 5. The molecule has 1 aromatic carbocycles. The van der Waals surface area contributed by atoms with Gasteiger partial charge in [0.15, 0.2) is 6.10 Å². The highest BCUT2D eigenvalue weighted by molar-refractivity contribution is 5.89. The van der Waals surface area contributed by atoms with Crippen molar-refractivity contribution >= 4 is 5.97 Å². The van der Waals surface area contributed by atoms with Crippen LogP contribution < -0.4 is 0 Å². The average molecular weight is 221 g/mol. The van der Waals surface area contributed by atoms with Gasteiger partial charge in [0.2, 0.25) is 0 Å². The zero-order chi connectivity index (χ0) is 12.1. The van der Waals surface area contributed by atoms with Crippen LogP contribution in [0.2, 0.25) is 0 Å². The monoisotopic (exact) mass is 221 g/mol. The van der Waals surface area contributed by atoms with Crippen molar-refractivity contribution in [2.45, 2.75) is 12.2 Å². The van der Waals surface area contributed by atoms with E-state index >= 15 is 0 Å². The van der Waals surface area contributed by atoms with E-state index in [1.165, 1.54) is 37.4 Å². The zero-order valence-corrected chi connectivity index (χ0v) is 8.62. The summed E-state index contributed by atoms with van der Waals surface area (Å²) in [6.07, 6.45) is -2.86. The molecule has 2 N–H and O–H groups in total. The number of hydrogen-bond donors (Lipinski definition) is 2. The average Bonchev–Trinajstić information content (AvgIpc) is 2.36. The highest BCUT2D eigenvalue weighted by atomic mass is 16.5. The third-order valence-electron chi connectivity index (χ3n) is 2.08. The molecule has 0 spiro atoms. The Kier molecular flexibility index (Phi) is 4.00. The number of ether oxygens (including phenoxy) is 1. The lowest BCUT2D eigenvalue weighted by molar-refractivity contribution is 0.0522. The fraction of sp³-hybridized carbons (Fsp3) is 0.273. The Bertz CT molecular complexity index is 424. The second kappa shape index (κ2) is 5.26. The van der Waals surface area contributed by atoms with Crippen molar-refractivity contribution in [2.24, 2.45) is 0 Å². The van der Waals surface area contributed by atoms with Gasteiger partial charge in [0.1, 0.15) is 6.10 Å². The molecule has 0 fully saturated rings. The van der Waals surface area contributed by atoms with E-state index < -0.39 is 18.2 Å². The SMILES string of the molecule is COC(=O)c1cccc(C(O)C(O)C#N)c1. The van der Waals surface area contributed by atoms with Crippen LogP contribution in [0.1, 0.15) is 22.0 Å². The highest BCUT2D eigenvalue weighted by Gasteiger charge is 2.18. The smallest absolute Gasteiger partial charge is 0.337 e. The van der Waals surface area contributed by atoms with Gasteiger partial charge in [-0.25, -0.2) is 4.79 Å². The Labute approximate surface area is 92.5 Å². The summed E-state index contributed by atoms with van der Waals surface area (Å²) in [6.45, 7) is 0. The molecule has 1 rings (SSSR count). The van der Waals surface area contributed by atoms with Crippen LogP contribution in [0.4, 0.5) is 0 Å². The number of aliphatic hydroxyl groups is 2. The Hall–Kier alpha value is -1.90. The Morgan fingerprint density at radius 3 is 2.75 bits per heavy atom. The van der Waals surface area contributed by atoms with Crippen molar-refractivity contribution in [3.8, 4) is 6.07 Å². The predicted molar refractivity (Wildman–Crippen MR) is 54.4 cm³/mol. The molecule has 0 aliphatic heterocycles. The van der Waals surface area contributed by atoms with Crippen LogP contribution in [-0.4, -0.2) is 29.4 Å². The number of aliphatic hydroxyl groups excluding tert-OH is 2. The number of methoxy groups -OCH3 is 1. The molecule has 5 heteroatoms. The molecule has 0 amide bonds. The number of benzene rings is 1. The number of rotatable bonds is 3. The summed E-state index contributed by atoms with van der Waals surface area (Å²) in [7, 11) is 1.25. The van der Waals surface area contributed by atoms with Gasteiger partial charge in [0.05, 0.1) is 18.7 Å². The standard InChI is InChI=1S/C11H11NO4/c1-16-11(15)8-4-2-3-7(5-8)10(14)9(13)6-12/h2-5,9-10,13-14H,1H3. The van der Waals surface area contributed by atoms with Crippen molar-refractivity contribution in [3.63, 3.8) is 0 Å². The summed E-state index contributed by atoms with van der Waals surface area (Å²) in [6, 6.07) is 7.45. The first kappa shape index (κ1) is 12.2. The van der Waals surface area contributed by atoms with E-state index in [4.69, 9.17) is 10.4 Å². The lowest BCUT2D eigenvalue weighted by atomic mass is 10.0. The molecule has 0 aliphatic rings. The van der Waals surface area contributed by atoms with Crippen LogP contribution in [0.25, 0.3) is 0 Å². The molecule has 0 radical (unpaired) electrons. The summed E-state index contributed by atoms with van der Waals surface area (Å²) in [4.78, 5) is 11.2. The summed E-state index contributed by atoms with van der Waals surface area (Å²) >= 11 is 0. The number of carbonyl (C=O) groups is 1. The molecule has 0 bridgehead atoms. The number of esters is 1. The van der Waals surface area contributed by atoms with Gasteiger partial charge < -0.3 is 14.9 Å². The first-order valence-corrected chi connectivity index (χ1v) is 4.54. The lowest BCUT2D eigenvalue weighted by Gasteiger charge is -2.12. The van der Waals surface area contributed by atoms with Gasteiger partial charge >= 0.3 is 5.97 Å². The molecule has 16 heavy (non-hydrogen) atoms. The van der Waals surface area contributed by atoms with Crippen LogP contribution in [-0.2, 0) is 4.74 Å². The van der Waals surface area contributed by atoms with Crippen molar-refractivity contribution in [3.05, 3.63) is 35.4 Å². The van der Waals surface area contributed by atoms with Gasteiger partial charge in [0.25, 0.3) is 0 Å². The molecule has 2 unspecified atom stereocenters. The van der Waals surface area contributed by atoms with Crippen molar-refractivity contribution in [1.82, 2.24) is 0 Å². The maximum atomic E-state index is 11.2. The van der Waals surface area contributed by atoms with E-state index in [9.17, 15) is 9.90 Å². The molecular formula is C11H11NO4. The van der Waals surface area contributed by atoms with Gasteiger partial charge in [-0.15, -0.1) is 0 Å². The second-order valence-electron chi connectivity index (χ2n) is 3.14. The number of nitriles is 1. The topological polar surface area (TPSA) is 90.6 Å². The summed E-state index contributed by atoms with van der Waals surface area (Å²) < 4.78 is 4.51.